The van der Waals surface area contributed by atoms with Crippen LogP contribution in [0.4, 0.5) is 22.7 Å². The SMILES string of the molecule is C1=CCCC(N(C2=CCCc3ccccc32)c2ccc(-c3ccc(N(c4ccccc4)c4cccc5ccccc45)cc3)cc2)=C1. The number of para-hydroxylation sites is 1. The van der Waals surface area contributed by atoms with Gasteiger partial charge in [-0.2, -0.15) is 0 Å². The Balaban J connectivity index is 1.14. The molecule has 8 rings (SSSR count). The standard InChI is InChI=1S/C44H36N2/c1-3-17-37(18-4-1)45(43-23-11-15-35-13-7-9-21-41(35)43)39-29-25-33(26-30-39)34-27-31-40(32-28-34)46(38-19-5-2-6-20-38)44-24-12-16-36-14-8-10-22-42(36)44/h1-5,7-11,13-15,17-19,21-32H,6,12,16,20H2. The zero-order chi connectivity index (χ0) is 30.7. The maximum absolute atomic E-state index is 2.48. The van der Waals surface area contributed by atoms with Gasteiger partial charge in [0.05, 0.1) is 5.69 Å². The average Bonchev–Trinajstić information content (AvgIpc) is 3.14. The van der Waals surface area contributed by atoms with Gasteiger partial charge in [0.25, 0.3) is 0 Å². The molecule has 0 aromatic heterocycles. The van der Waals surface area contributed by atoms with Crippen LogP contribution < -0.4 is 9.80 Å². The van der Waals surface area contributed by atoms with E-state index >= 15 is 0 Å². The fourth-order valence-electron chi connectivity index (χ4n) is 6.92. The molecule has 2 aliphatic rings. The minimum Gasteiger partial charge on any atom is -0.314 e. The van der Waals surface area contributed by atoms with Crippen molar-refractivity contribution >= 4 is 39.2 Å². The Hall–Kier alpha value is -5.60. The highest BCUT2D eigenvalue weighted by molar-refractivity contribution is 5.99. The van der Waals surface area contributed by atoms with Gasteiger partial charge in [-0.1, -0.05) is 121 Å². The predicted octanol–water partition coefficient (Wildman–Crippen LogP) is 12.0. The molecule has 0 spiro atoms. The molecular formula is C44H36N2. The Morgan fingerprint density at radius 1 is 0.478 bits per heavy atom. The molecule has 0 N–H and O–H groups in total. The third kappa shape index (κ3) is 5.33. The van der Waals surface area contributed by atoms with E-state index in [4.69, 9.17) is 0 Å². The van der Waals surface area contributed by atoms with Gasteiger partial charge in [-0.25, -0.2) is 0 Å². The summed E-state index contributed by atoms with van der Waals surface area (Å²) in [6, 6.07) is 52.8. The highest BCUT2D eigenvalue weighted by Gasteiger charge is 2.23. The van der Waals surface area contributed by atoms with E-state index in [1.54, 1.807) is 0 Å². The predicted molar refractivity (Wildman–Crippen MR) is 196 cm³/mol. The quantitative estimate of drug-likeness (QED) is 0.182. The van der Waals surface area contributed by atoms with Crippen LogP contribution in [0.3, 0.4) is 0 Å². The van der Waals surface area contributed by atoms with Crippen molar-refractivity contribution in [2.75, 3.05) is 9.80 Å². The van der Waals surface area contributed by atoms with Gasteiger partial charge in [-0.3, -0.25) is 0 Å². The second-order valence-electron chi connectivity index (χ2n) is 12.0. The Bertz CT molecular complexity index is 2080. The van der Waals surface area contributed by atoms with Crippen molar-refractivity contribution in [3.05, 3.63) is 187 Å². The molecular weight excluding hydrogens is 556 g/mol. The van der Waals surface area contributed by atoms with E-state index in [1.807, 2.05) is 0 Å². The molecule has 0 atom stereocenters. The maximum Gasteiger partial charge on any atom is 0.0540 e. The molecule has 6 aromatic rings. The molecule has 2 aliphatic carbocycles. The summed E-state index contributed by atoms with van der Waals surface area (Å²) in [5.74, 6) is 0. The van der Waals surface area contributed by atoms with Gasteiger partial charge < -0.3 is 9.80 Å². The van der Waals surface area contributed by atoms with Crippen molar-refractivity contribution in [1.29, 1.82) is 0 Å². The van der Waals surface area contributed by atoms with Gasteiger partial charge >= 0.3 is 0 Å². The molecule has 0 unspecified atom stereocenters. The largest absolute Gasteiger partial charge is 0.314 e. The molecule has 0 saturated heterocycles. The third-order valence-electron chi connectivity index (χ3n) is 9.17. The number of allylic oxidation sites excluding steroid dienone is 5. The molecule has 0 fully saturated rings. The van der Waals surface area contributed by atoms with Crippen LogP contribution in [0.1, 0.15) is 30.4 Å². The van der Waals surface area contributed by atoms with E-state index < -0.39 is 0 Å². The van der Waals surface area contributed by atoms with Crippen LogP contribution in [0, 0.1) is 0 Å². The number of hydrogen-bond donors (Lipinski definition) is 0. The van der Waals surface area contributed by atoms with Gasteiger partial charge in [-0.05, 0) is 96.3 Å². The molecule has 2 heteroatoms. The van der Waals surface area contributed by atoms with E-state index in [9.17, 15) is 0 Å². The minimum atomic E-state index is 1.04. The summed E-state index contributed by atoms with van der Waals surface area (Å²) in [4.78, 5) is 4.84. The lowest BCUT2D eigenvalue weighted by Crippen LogP contribution is -2.23. The van der Waals surface area contributed by atoms with Crippen LogP contribution in [0.5, 0.6) is 0 Å². The van der Waals surface area contributed by atoms with E-state index in [-0.39, 0.29) is 0 Å². The number of anilines is 4. The van der Waals surface area contributed by atoms with Gasteiger partial charge in [0, 0.05) is 39.4 Å². The number of rotatable bonds is 7. The monoisotopic (exact) mass is 592 g/mol. The van der Waals surface area contributed by atoms with Crippen molar-refractivity contribution in [3.63, 3.8) is 0 Å². The number of fused-ring (bicyclic) bond motifs is 2. The first-order chi connectivity index (χ1) is 22.8. The summed E-state index contributed by atoms with van der Waals surface area (Å²) in [5.41, 5.74) is 12.5. The molecule has 0 saturated carbocycles. The van der Waals surface area contributed by atoms with Crippen molar-refractivity contribution in [3.8, 4) is 11.1 Å². The normalized spacial score (nSPS) is 13.9. The van der Waals surface area contributed by atoms with E-state index in [1.165, 1.54) is 55.8 Å². The van der Waals surface area contributed by atoms with Gasteiger partial charge in [0.1, 0.15) is 0 Å². The zero-order valence-electron chi connectivity index (χ0n) is 25.9. The van der Waals surface area contributed by atoms with Gasteiger partial charge in [-0.15, -0.1) is 0 Å². The fraction of sp³-hybridized carbons (Fsp3) is 0.0909. The van der Waals surface area contributed by atoms with Crippen molar-refractivity contribution in [2.45, 2.75) is 25.7 Å². The van der Waals surface area contributed by atoms with Crippen LogP contribution in [0.25, 0.3) is 27.6 Å². The highest BCUT2D eigenvalue weighted by atomic mass is 15.2. The lowest BCUT2D eigenvalue weighted by atomic mass is 9.92. The Labute approximate surface area is 271 Å². The first kappa shape index (κ1) is 27.9. The van der Waals surface area contributed by atoms with Crippen LogP contribution in [-0.4, -0.2) is 0 Å². The third-order valence-corrected chi connectivity index (χ3v) is 9.17. The Kier molecular flexibility index (Phi) is 7.54. The summed E-state index contributed by atoms with van der Waals surface area (Å²) in [7, 11) is 0. The molecule has 0 amide bonds. The molecule has 0 bridgehead atoms. The second kappa shape index (κ2) is 12.4. The summed E-state index contributed by atoms with van der Waals surface area (Å²) in [6.07, 6.45) is 13.4. The van der Waals surface area contributed by atoms with E-state index in [0.717, 1.165) is 37.1 Å². The number of nitrogens with zero attached hydrogens (tertiary/aromatic N) is 2. The summed E-state index contributed by atoms with van der Waals surface area (Å²) >= 11 is 0. The zero-order valence-corrected chi connectivity index (χ0v) is 25.9. The molecule has 0 heterocycles. The van der Waals surface area contributed by atoms with Crippen LogP contribution >= 0.6 is 0 Å². The van der Waals surface area contributed by atoms with Crippen molar-refractivity contribution in [2.24, 2.45) is 0 Å². The number of hydrogen-bond acceptors (Lipinski definition) is 2. The molecule has 0 aliphatic heterocycles. The maximum atomic E-state index is 2.48. The molecule has 2 nitrogen and oxygen atoms in total. The summed E-state index contributed by atoms with van der Waals surface area (Å²) < 4.78 is 0. The Morgan fingerprint density at radius 2 is 1.13 bits per heavy atom. The lowest BCUT2D eigenvalue weighted by Gasteiger charge is -2.33. The van der Waals surface area contributed by atoms with Crippen LogP contribution in [0.15, 0.2) is 176 Å². The van der Waals surface area contributed by atoms with E-state index in [0.29, 0.717) is 0 Å². The van der Waals surface area contributed by atoms with Crippen LogP contribution in [0.2, 0.25) is 0 Å². The molecule has 0 radical (unpaired) electrons. The summed E-state index contributed by atoms with van der Waals surface area (Å²) in [6.45, 7) is 0. The highest BCUT2D eigenvalue weighted by Crippen LogP contribution is 2.41. The topological polar surface area (TPSA) is 6.48 Å². The number of aryl methyl sites for hydroxylation is 1. The van der Waals surface area contributed by atoms with E-state index in [2.05, 4.69) is 180 Å². The van der Waals surface area contributed by atoms with Crippen molar-refractivity contribution < 1.29 is 0 Å². The lowest BCUT2D eigenvalue weighted by molar-refractivity contribution is 0.904. The van der Waals surface area contributed by atoms with Crippen molar-refractivity contribution in [1.82, 2.24) is 0 Å². The van der Waals surface area contributed by atoms with Crippen LogP contribution in [-0.2, 0) is 6.42 Å². The second-order valence-corrected chi connectivity index (χ2v) is 12.0. The number of benzene rings is 6. The fourth-order valence-corrected chi connectivity index (χ4v) is 6.92. The Morgan fingerprint density at radius 3 is 1.89 bits per heavy atom. The average molecular weight is 593 g/mol. The van der Waals surface area contributed by atoms with Gasteiger partial charge in [0.2, 0.25) is 0 Å². The molecule has 6 aromatic carbocycles. The molecule has 222 valence electrons. The first-order valence-electron chi connectivity index (χ1n) is 16.3. The summed E-state index contributed by atoms with van der Waals surface area (Å²) in [5, 5.41) is 2.47. The van der Waals surface area contributed by atoms with Gasteiger partial charge in [0.15, 0.2) is 0 Å². The molecule has 46 heavy (non-hydrogen) atoms. The smallest absolute Gasteiger partial charge is 0.0540 e. The first-order valence-corrected chi connectivity index (χ1v) is 16.3. The minimum absolute atomic E-state index is 1.04.